The molecule has 3 atom stereocenters. The van der Waals surface area contributed by atoms with Crippen LogP contribution < -0.4 is 11.1 Å². The number of ether oxygens (including phenoxy) is 3. The van der Waals surface area contributed by atoms with Gasteiger partial charge in [0.1, 0.15) is 6.73 Å². The minimum absolute atomic E-state index is 0.0523. The van der Waals surface area contributed by atoms with Crippen LogP contribution in [0.4, 0.5) is 31.1 Å². The zero-order valence-electron chi connectivity index (χ0n) is 24.1. The predicted molar refractivity (Wildman–Crippen MR) is 146 cm³/mol. The topological polar surface area (TPSA) is 103 Å². The van der Waals surface area contributed by atoms with E-state index in [9.17, 15) is 35.9 Å². The van der Waals surface area contributed by atoms with E-state index in [1.165, 1.54) is 6.92 Å². The zero-order chi connectivity index (χ0) is 32.2. The number of carbonyl (C=O) groups excluding carboxylic acids is 2. The number of alkyl halides is 6. The zero-order valence-corrected chi connectivity index (χ0v) is 24.1. The van der Waals surface area contributed by atoms with Crippen molar-refractivity contribution in [1.82, 2.24) is 10.2 Å². The molecule has 2 aliphatic rings. The third-order valence-electron chi connectivity index (χ3n) is 8.22. The first-order valence-corrected chi connectivity index (χ1v) is 14.2. The van der Waals surface area contributed by atoms with Crippen LogP contribution in [-0.4, -0.2) is 55.5 Å². The number of likely N-dealkylation sites (tertiary alicyclic amines) is 1. The number of benzene rings is 2. The van der Waals surface area contributed by atoms with E-state index in [0.29, 0.717) is 50.8 Å². The second kappa shape index (κ2) is 13.3. The van der Waals surface area contributed by atoms with Crippen LogP contribution in [0.1, 0.15) is 67.4 Å². The fourth-order valence-electron chi connectivity index (χ4n) is 5.75. The molecule has 0 aromatic heterocycles. The van der Waals surface area contributed by atoms with Crippen molar-refractivity contribution in [2.24, 2.45) is 5.73 Å². The summed E-state index contributed by atoms with van der Waals surface area (Å²) in [7, 11) is 0. The molecule has 44 heavy (non-hydrogen) atoms. The van der Waals surface area contributed by atoms with Gasteiger partial charge in [0.25, 0.3) is 0 Å². The van der Waals surface area contributed by atoms with E-state index in [4.69, 9.17) is 19.9 Å². The van der Waals surface area contributed by atoms with Gasteiger partial charge in [-0.25, -0.2) is 4.79 Å². The van der Waals surface area contributed by atoms with E-state index in [2.05, 4.69) is 5.32 Å². The maximum atomic E-state index is 13.5. The van der Waals surface area contributed by atoms with Crippen LogP contribution >= 0.6 is 0 Å². The third kappa shape index (κ3) is 7.83. The molecule has 242 valence electrons. The Balaban J connectivity index is 1.66. The molecule has 4 rings (SSSR count). The highest BCUT2D eigenvalue weighted by atomic mass is 19.4. The van der Waals surface area contributed by atoms with Crippen molar-refractivity contribution in [1.29, 1.82) is 0 Å². The standard InChI is InChI=1S/C30H35F6N3O5/c1-20(21-14-23(29(31,32)33)16-24(15-21)30(34,35)36)43-18-28(22-6-3-2-4-7-22)11-10-27(9-8-25(40)38-27)17-39(28)19-44-26(41)42-13-5-12-37/h2-4,6-7,14-16,20H,5,8-13,17-19,37H2,1H3,(H,38,40)/t20-,27-,28-/m1/s1. The Hall–Kier alpha value is -3.36. The van der Waals surface area contributed by atoms with Crippen molar-refractivity contribution in [2.75, 3.05) is 33.0 Å². The first-order valence-electron chi connectivity index (χ1n) is 14.2. The number of carbonyl (C=O) groups is 2. The van der Waals surface area contributed by atoms with E-state index in [1.54, 1.807) is 18.2 Å². The summed E-state index contributed by atoms with van der Waals surface area (Å²) in [6.07, 6.45) is -9.96. The Morgan fingerprint density at radius 3 is 2.23 bits per heavy atom. The molecule has 2 heterocycles. The summed E-state index contributed by atoms with van der Waals surface area (Å²) < 4.78 is 97.8. The highest BCUT2D eigenvalue weighted by Crippen LogP contribution is 2.45. The molecule has 1 amide bonds. The van der Waals surface area contributed by atoms with Gasteiger partial charge in [-0.15, -0.1) is 0 Å². The molecule has 0 radical (unpaired) electrons. The monoisotopic (exact) mass is 631 g/mol. The summed E-state index contributed by atoms with van der Waals surface area (Å²) in [6, 6.07) is 10.4. The molecule has 0 saturated carbocycles. The van der Waals surface area contributed by atoms with E-state index in [1.807, 2.05) is 17.0 Å². The maximum absolute atomic E-state index is 13.5. The van der Waals surface area contributed by atoms with Crippen molar-refractivity contribution in [3.63, 3.8) is 0 Å². The SMILES string of the molecule is C[C@@H](OC[C@@]1(c2ccccc2)CC[C@]2(CCC(=O)N2)CN1COC(=O)OCCCN)c1cc(C(F)(F)F)cc(C(F)(F)F)c1. The van der Waals surface area contributed by atoms with Gasteiger partial charge in [0, 0.05) is 13.0 Å². The normalized spacial score (nSPS) is 23.4. The Morgan fingerprint density at radius 1 is 1.00 bits per heavy atom. The fourth-order valence-corrected chi connectivity index (χ4v) is 5.75. The van der Waals surface area contributed by atoms with Crippen LogP contribution in [0.2, 0.25) is 0 Å². The number of nitrogens with one attached hydrogen (secondary N) is 1. The number of amides is 1. The Morgan fingerprint density at radius 2 is 1.66 bits per heavy atom. The van der Waals surface area contributed by atoms with Gasteiger partial charge in [-0.05, 0) is 68.5 Å². The first-order chi connectivity index (χ1) is 20.7. The van der Waals surface area contributed by atoms with Crippen LogP contribution in [0.15, 0.2) is 48.5 Å². The smallest absolute Gasteiger partial charge is 0.434 e. The molecule has 2 aromatic carbocycles. The molecule has 3 N–H and O–H groups in total. The largest absolute Gasteiger partial charge is 0.509 e. The quantitative estimate of drug-likeness (QED) is 0.191. The summed E-state index contributed by atoms with van der Waals surface area (Å²) in [5.74, 6) is -0.117. The van der Waals surface area contributed by atoms with Gasteiger partial charge in [0.15, 0.2) is 0 Å². The summed E-state index contributed by atoms with van der Waals surface area (Å²) in [4.78, 5) is 26.4. The van der Waals surface area contributed by atoms with Gasteiger partial charge in [-0.1, -0.05) is 30.3 Å². The van der Waals surface area contributed by atoms with Crippen molar-refractivity contribution in [2.45, 2.75) is 68.6 Å². The second-order valence-electron chi connectivity index (χ2n) is 11.2. The number of nitrogens with zero attached hydrogens (tertiary/aromatic N) is 1. The van der Waals surface area contributed by atoms with Crippen LogP contribution in [0.5, 0.6) is 0 Å². The summed E-state index contributed by atoms with van der Waals surface area (Å²) >= 11 is 0. The Bertz CT molecular complexity index is 1280. The Labute approximate surface area is 250 Å². The van der Waals surface area contributed by atoms with E-state index < -0.39 is 46.8 Å². The van der Waals surface area contributed by atoms with Gasteiger partial charge in [0.2, 0.25) is 5.91 Å². The minimum Gasteiger partial charge on any atom is -0.434 e. The first kappa shape index (κ1) is 33.5. The average Bonchev–Trinajstić information content (AvgIpc) is 3.34. The Kier molecular flexibility index (Phi) is 10.2. The summed E-state index contributed by atoms with van der Waals surface area (Å²) in [5, 5.41) is 3.03. The van der Waals surface area contributed by atoms with Crippen molar-refractivity contribution >= 4 is 12.1 Å². The number of rotatable bonds is 10. The molecule has 8 nitrogen and oxygen atoms in total. The molecule has 0 bridgehead atoms. The average molecular weight is 632 g/mol. The van der Waals surface area contributed by atoms with E-state index in [-0.39, 0.29) is 44.0 Å². The number of halogens is 6. The second-order valence-corrected chi connectivity index (χ2v) is 11.2. The predicted octanol–water partition coefficient (Wildman–Crippen LogP) is 5.90. The molecule has 14 heteroatoms. The van der Waals surface area contributed by atoms with Gasteiger partial charge in [0.05, 0.1) is 41.5 Å². The van der Waals surface area contributed by atoms with E-state index in [0.717, 1.165) is 5.56 Å². The molecular formula is C30H35F6N3O5. The van der Waals surface area contributed by atoms with Crippen LogP contribution in [0, 0.1) is 0 Å². The summed E-state index contributed by atoms with van der Waals surface area (Å²) in [5.41, 5.74) is 1.36. The minimum atomic E-state index is -5.00. The number of piperidine rings is 1. The molecule has 2 aromatic rings. The van der Waals surface area contributed by atoms with Crippen LogP contribution in [0.25, 0.3) is 0 Å². The molecule has 2 saturated heterocycles. The molecule has 2 fully saturated rings. The van der Waals surface area contributed by atoms with Crippen molar-refractivity contribution in [3.05, 3.63) is 70.8 Å². The van der Waals surface area contributed by atoms with E-state index >= 15 is 0 Å². The fraction of sp³-hybridized carbons (Fsp3) is 0.533. The molecule has 1 spiro atoms. The van der Waals surface area contributed by atoms with Crippen molar-refractivity contribution < 1.29 is 50.1 Å². The van der Waals surface area contributed by atoms with Gasteiger partial charge in [-0.3, -0.25) is 9.69 Å². The van der Waals surface area contributed by atoms with Gasteiger partial charge in [-0.2, -0.15) is 26.3 Å². The lowest BCUT2D eigenvalue weighted by Gasteiger charge is -2.52. The lowest BCUT2D eigenvalue weighted by molar-refractivity contribution is -0.143. The summed E-state index contributed by atoms with van der Waals surface area (Å²) in [6.45, 7) is 1.52. The molecular weight excluding hydrogens is 596 g/mol. The van der Waals surface area contributed by atoms with Gasteiger partial charge < -0.3 is 25.3 Å². The van der Waals surface area contributed by atoms with Crippen molar-refractivity contribution in [3.8, 4) is 0 Å². The van der Waals surface area contributed by atoms with Crippen LogP contribution in [0.3, 0.4) is 0 Å². The number of hydrogen-bond donors (Lipinski definition) is 2. The number of nitrogens with two attached hydrogens (primary N) is 1. The number of hydrogen-bond acceptors (Lipinski definition) is 7. The molecule has 0 unspecified atom stereocenters. The van der Waals surface area contributed by atoms with Gasteiger partial charge >= 0.3 is 18.5 Å². The lowest BCUT2D eigenvalue weighted by Crippen LogP contribution is -2.64. The van der Waals surface area contributed by atoms with Crippen LogP contribution in [-0.2, 0) is 36.9 Å². The highest BCUT2D eigenvalue weighted by molar-refractivity contribution is 5.79. The molecule has 2 aliphatic heterocycles. The maximum Gasteiger partial charge on any atom is 0.509 e. The highest BCUT2D eigenvalue weighted by Gasteiger charge is 2.52. The third-order valence-corrected chi connectivity index (χ3v) is 8.22. The molecule has 0 aliphatic carbocycles. The lowest BCUT2D eigenvalue weighted by atomic mass is 9.74.